The third kappa shape index (κ3) is 6.62. The molecule has 0 bridgehead atoms. The molecule has 0 saturated heterocycles. The number of benzene rings is 2. The average Bonchev–Trinajstić information content (AvgIpc) is 2.77. The Balaban J connectivity index is 2.34. The number of hydrogen-bond acceptors (Lipinski definition) is 6. The number of anilines is 1. The molecule has 2 rings (SSSR count). The molecule has 0 aliphatic heterocycles. The van der Waals surface area contributed by atoms with Crippen molar-refractivity contribution in [3.8, 4) is 11.5 Å². The first-order valence-electron chi connectivity index (χ1n) is 9.88. The lowest BCUT2D eigenvalue weighted by atomic mass is 9.92. The number of hydrogen-bond donors (Lipinski definition) is 2. The summed E-state index contributed by atoms with van der Waals surface area (Å²) in [7, 11) is 4.38. The van der Waals surface area contributed by atoms with Crippen LogP contribution in [0.15, 0.2) is 42.5 Å². The van der Waals surface area contributed by atoms with Gasteiger partial charge in [-0.2, -0.15) is 0 Å². The molecule has 31 heavy (non-hydrogen) atoms. The van der Waals surface area contributed by atoms with E-state index in [1.165, 1.54) is 14.2 Å². The summed E-state index contributed by atoms with van der Waals surface area (Å²) >= 11 is 0. The van der Waals surface area contributed by atoms with Crippen LogP contribution in [0.4, 0.5) is 10.5 Å². The van der Waals surface area contributed by atoms with E-state index in [1.807, 2.05) is 26.0 Å². The molecule has 0 radical (unpaired) electrons. The molecule has 0 heterocycles. The van der Waals surface area contributed by atoms with Gasteiger partial charge in [0.1, 0.15) is 0 Å². The number of rotatable bonds is 9. The van der Waals surface area contributed by atoms with Gasteiger partial charge in [-0.05, 0) is 47.9 Å². The molecule has 8 heteroatoms. The number of amides is 2. The maximum Gasteiger partial charge on any atom is 0.411 e. The molecule has 8 nitrogen and oxygen atoms in total. The van der Waals surface area contributed by atoms with E-state index in [0.717, 1.165) is 5.56 Å². The Morgan fingerprint density at radius 2 is 1.74 bits per heavy atom. The van der Waals surface area contributed by atoms with E-state index in [4.69, 9.17) is 15.2 Å². The summed E-state index contributed by atoms with van der Waals surface area (Å²) in [5.74, 6) is 0.874. The zero-order valence-electron chi connectivity index (χ0n) is 18.7. The second-order valence-electron chi connectivity index (χ2n) is 7.92. The van der Waals surface area contributed by atoms with Gasteiger partial charge in [-0.15, -0.1) is 0 Å². The zero-order chi connectivity index (χ0) is 23.0. The summed E-state index contributed by atoms with van der Waals surface area (Å²) in [4.78, 5) is 26.7. The van der Waals surface area contributed by atoms with Crippen LogP contribution in [0.1, 0.15) is 29.8 Å². The molecule has 0 fully saturated rings. The van der Waals surface area contributed by atoms with E-state index in [-0.39, 0.29) is 11.3 Å². The average molecular weight is 430 g/mol. The number of nitrogens with one attached hydrogen (secondary N) is 1. The standard InChI is InChI=1S/C23H31N3O5/c1-23(2,14-24)15-26(13-16-7-6-8-18(11-16)25-22(28)31-5)21(27)17-9-10-19(29-3)20(12-17)30-4/h6-12H,13-15,24H2,1-5H3,(H,25,28). The van der Waals surface area contributed by atoms with Crippen LogP contribution in [-0.4, -0.2) is 51.3 Å². The van der Waals surface area contributed by atoms with Gasteiger partial charge in [-0.3, -0.25) is 10.1 Å². The molecular weight excluding hydrogens is 398 g/mol. The monoisotopic (exact) mass is 429 g/mol. The highest BCUT2D eigenvalue weighted by molar-refractivity contribution is 5.95. The lowest BCUT2D eigenvalue weighted by molar-refractivity contribution is 0.0673. The summed E-state index contributed by atoms with van der Waals surface area (Å²) in [6, 6.07) is 12.4. The molecule has 0 aliphatic carbocycles. The normalized spacial score (nSPS) is 10.9. The fourth-order valence-electron chi connectivity index (χ4n) is 3.07. The maximum absolute atomic E-state index is 13.4. The van der Waals surface area contributed by atoms with Crippen molar-refractivity contribution < 1.29 is 23.8 Å². The molecule has 2 aromatic rings. The number of nitrogens with two attached hydrogens (primary N) is 1. The number of nitrogens with zero attached hydrogens (tertiary/aromatic N) is 1. The molecule has 0 spiro atoms. The molecule has 2 aromatic carbocycles. The summed E-state index contributed by atoms with van der Waals surface area (Å²) in [5.41, 5.74) is 7.57. The molecular formula is C23H31N3O5. The lowest BCUT2D eigenvalue weighted by Gasteiger charge is -2.32. The second kappa shape index (κ2) is 10.7. The lowest BCUT2D eigenvalue weighted by Crippen LogP contribution is -2.41. The minimum atomic E-state index is -0.556. The van der Waals surface area contributed by atoms with Gasteiger partial charge in [0, 0.05) is 24.3 Å². The third-order valence-electron chi connectivity index (χ3n) is 4.82. The first-order chi connectivity index (χ1) is 14.7. The molecule has 2 amide bonds. The Hall–Kier alpha value is -3.26. The maximum atomic E-state index is 13.4. The van der Waals surface area contributed by atoms with Crippen molar-refractivity contribution in [3.63, 3.8) is 0 Å². The van der Waals surface area contributed by atoms with Gasteiger partial charge >= 0.3 is 6.09 Å². The smallest absolute Gasteiger partial charge is 0.411 e. The number of ether oxygens (including phenoxy) is 3. The highest BCUT2D eigenvalue weighted by Gasteiger charge is 2.25. The van der Waals surface area contributed by atoms with Crippen molar-refractivity contribution >= 4 is 17.7 Å². The minimum Gasteiger partial charge on any atom is -0.493 e. The molecule has 3 N–H and O–H groups in total. The Bertz CT molecular complexity index is 914. The molecule has 0 saturated carbocycles. The van der Waals surface area contributed by atoms with Crippen molar-refractivity contribution in [2.24, 2.45) is 11.1 Å². The predicted octanol–water partition coefficient (Wildman–Crippen LogP) is 3.51. The van der Waals surface area contributed by atoms with Gasteiger partial charge in [0.25, 0.3) is 5.91 Å². The van der Waals surface area contributed by atoms with E-state index in [1.54, 1.807) is 42.3 Å². The minimum absolute atomic E-state index is 0.159. The van der Waals surface area contributed by atoms with E-state index < -0.39 is 6.09 Å². The van der Waals surface area contributed by atoms with Crippen LogP contribution in [-0.2, 0) is 11.3 Å². The second-order valence-corrected chi connectivity index (χ2v) is 7.92. The van der Waals surface area contributed by atoms with Crippen molar-refractivity contribution in [1.82, 2.24) is 4.90 Å². The van der Waals surface area contributed by atoms with Crippen LogP contribution < -0.4 is 20.5 Å². The molecule has 0 aliphatic rings. The van der Waals surface area contributed by atoms with Crippen molar-refractivity contribution in [2.75, 3.05) is 39.7 Å². The van der Waals surface area contributed by atoms with Gasteiger partial charge in [0.05, 0.1) is 21.3 Å². The van der Waals surface area contributed by atoms with Crippen LogP contribution in [0.2, 0.25) is 0 Å². The fraction of sp³-hybridized carbons (Fsp3) is 0.391. The number of carbonyl (C=O) groups excluding carboxylic acids is 2. The molecule has 0 unspecified atom stereocenters. The van der Waals surface area contributed by atoms with E-state index in [0.29, 0.717) is 42.4 Å². The first-order valence-corrected chi connectivity index (χ1v) is 9.88. The quantitative estimate of drug-likeness (QED) is 0.632. The SMILES string of the molecule is COC(=O)Nc1cccc(CN(CC(C)(C)CN)C(=O)c2ccc(OC)c(OC)c2)c1. The molecule has 0 atom stereocenters. The fourth-order valence-corrected chi connectivity index (χ4v) is 3.07. The topological polar surface area (TPSA) is 103 Å². The van der Waals surface area contributed by atoms with Crippen LogP contribution in [0, 0.1) is 5.41 Å². The third-order valence-corrected chi connectivity index (χ3v) is 4.82. The zero-order valence-corrected chi connectivity index (χ0v) is 18.7. The number of methoxy groups -OCH3 is 3. The van der Waals surface area contributed by atoms with Crippen molar-refractivity contribution in [3.05, 3.63) is 53.6 Å². The van der Waals surface area contributed by atoms with E-state index >= 15 is 0 Å². The summed E-state index contributed by atoms with van der Waals surface area (Å²) in [6.07, 6.45) is -0.556. The van der Waals surface area contributed by atoms with Gasteiger partial charge in [0.15, 0.2) is 11.5 Å². The molecule has 0 aromatic heterocycles. The Morgan fingerprint density at radius 1 is 1.03 bits per heavy atom. The Kier molecular flexibility index (Phi) is 8.27. The van der Waals surface area contributed by atoms with E-state index in [2.05, 4.69) is 10.1 Å². The summed E-state index contributed by atoms with van der Waals surface area (Å²) in [6.45, 7) is 5.24. The summed E-state index contributed by atoms with van der Waals surface area (Å²) in [5, 5.41) is 2.64. The van der Waals surface area contributed by atoms with Gasteiger partial charge in [-0.1, -0.05) is 26.0 Å². The predicted molar refractivity (Wildman–Crippen MR) is 120 cm³/mol. The van der Waals surface area contributed by atoms with Crippen LogP contribution >= 0.6 is 0 Å². The van der Waals surface area contributed by atoms with Crippen LogP contribution in [0.3, 0.4) is 0 Å². The van der Waals surface area contributed by atoms with E-state index in [9.17, 15) is 9.59 Å². The van der Waals surface area contributed by atoms with Gasteiger partial charge in [0.2, 0.25) is 0 Å². The van der Waals surface area contributed by atoms with Crippen LogP contribution in [0.25, 0.3) is 0 Å². The Morgan fingerprint density at radius 3 is 2.35 bits per heavy atom. The summed E-state index contributed by atoms with van der Waals surface area (Å²) < 4.78 is 15.3. The van der Waals surface area contributed by atoms with Crippen molar-refractivity contribution in [1.29, 1.82) is 0 Å². The number of carbonyl (C=O) groups is 2. The highest BCUT2D eigenvalue weighted by atomic mass is 16.5. The van der Waals surface area contributed by atoms with Crippen LogP contribution in [0.5, 0.6) is 11.5 Å². The molecule has 168 valence electrons. The highest BCUT2D eigenvalue weighted by Crippen LogP contribution is 2.29. The first kappa shape index (κ1) is 24.0. The Labute approximate surface area is 183 Å². The van der Waals surface area contributed by atoms with Gasteiger partial charge < -0.3 is 24.8 Å². The van der Waals surface area contributed by atoms with Gasteiger partial charge in [-0.25, -0.2) is 4.79 Å². The largest absolute Gasteiger partial charge is 0.493 e. The van der Waals surface area contributed by atoms with Crippen molar-refractivity contribution in [2.45, 2.75) is 20.4 Å².